The molecular weight excluding hydrogens is 408 g/mol. The van der Waals surface area contributed by atoms with E-state index in [2.05, 4.69) is 15.4 Å². The quantitative estimate of drug-likeness (QED) is 0.225. The highest BCUT2D eigenvalue weighted by Crippen LogP contribution is 2.42. The molecule has 2 aliphatic rings. The Labute approximate surface area is 169 Å². The summed E-state index contributed by atoms with van der Waals surface area (Å²) in [6.07, 6.45) is -4.30. The third kappa shape index (κ3) is 3.63. The van der Waals surface area contributed by atoms with Crippen LogP contribution in [-0.4, -0.2) is 53.5 Å². The Morgan fingerprint density at radius 1 is 1.38 bits per heavy atom. The maximum atomic E-state index is 15.0. The number of piperidine rings is 1. The third-order valence-electron chi connectivity index (χ3n) is 6.05. The number of halogens is 4. The van der Waals surface area contributed by atoms with Crippen molar-refractivity contribution in [3.63, 3.8) is 0 Å². The molecule has 2 aromatic rings. The Kier molecular flexibility index (Phi) is 5.10. The van der Waals surface area contributed by atoms with Crippen LogP contribution in [0, 0.1) is 0 Å². The van der Waals surface area contributed by atoms with E-state index in [0.29, 0.717) is 28.2 Å². The minimum atomic E-state index is -4.45. The molecule has 0 spiro atoms. The zero-order valence-electron chi connectivity index (χ0n) is 15.7. The van der Waals surface area contributed by atoms with Gasteiger partial charge in [-0.25, -0.2) is 4.39 Å². The topological polar surface area (TPSA) is 73.9 Å². The van der Waals surface area contributed by atoms with E-state index in [-0.39, 0.29) is 22.3 Å². The number of alkyl halides is 4. The van der Waals surface area contributed by atoms with Gasteiger partial charge < -0.3 is 16.3 Å². The lowest BCUT2D eigenvalue weighted by molar-refractivity contribution is -0.126. The van der Waals surface area contributed by atoms with E-state index in [9.17, 15) is 13.2 Å². The Morgan fingerprint density at radius 2 is 2.14 bits per heavy atom. The molecule has 10 heteroatoms. The molecule has 3 heterocycles. The van der Waals surface area contributed by atoms with Gasteiger partial charge in [0.15, 0.2) is 5.84 Å². The molecule has 0 saturated carbocycles. The second-order valence-corrected chi connectivity index (χ2v) is 8.78. The molecular formula is C19H22F4N4OS. The van der Waals surface area contributed by atoms with Crippen molar-refractivity contribution in [3.8, 4) is 0 Å². The molecule has 4 N–H and O–H groups in total. The highest BCUT2D eigenvalue weighted by atomic mass is 32.1. The predicted molar refractivity (Wildman–Crippen MR) is 106 cm³/mol. The van der Waals surface area contributed by atoms with Gasteiger partial charge in [-0.1, -0.05) is 17.3 Å². The SMILES string of the molecule is CN1[C@@H]2CC[C@H]1[C@H](F)[C@H](Nc1cccc3c(CC(F)(F)F)c(/C(N)=N/O)sc13)C2. The summed E-state index contributed by atoms with van der Waals surface area (Å²) < 4.78 is 55.0. The number of nitrogens with one attached hydrogen (secondary N) is 1. The fraction of sp³-hybridized carbons (Fsp3) is 0.526. The fourth-order valence-corrected chi connectivity index (χ4v) is 5.84. The lowest BCUT2D eigenvalue weighted by Gasteiger charge is -2.39. The summed E-state index contributed by atoms with van der Waals surface area (Å²) in [7, 11) is 1.94. The number of rotatable bonds is 4. The first-order valence-electron chi connectivity index (χ1n) is 9.41. The Morgan fingerprint density at radius 3 is 2.83 bits per heavy atom. The van der Waals surface area contributed by atoms with E-state index in [1.165, 1.54) is 0 Å². The van der Waals surface area contributed by atoms with Gasteiger partial charge in [0.2, 0.25) is 0 Å². The van der Waals surface area contributed by atoms with Crippen LogP contribution in [0.3, 0.4) is 0 Å². The summed E-state index contributed by atoms with van der Waals surface area (Å²) in [4.78, 5) is 2.17. The van der Waals surface area contributed by atoms with E-state index >= 15 is 4.39 Å². The van der Waals surface area contributed by atoms with Gasteiger partial charge in [0.05, 0.1) is 27.7 Å². The van der Waals surface area contributed by atoms with Crippen molar-refractivity contribution in [2.24, 2.45) is 10.9 Å². The molecule has 29 heavy (non-hydrogen) atoms. The van der Waals surface area contributed by atoms with Crippen molar-refractivity contribution in [2.75, 3.05) is 12.4 Å². The third-order valence-corrected chi connectivity index (χ3v) is 7.35. The summed E-state index contributed by atoms with van der Waals surface area (Å²) >= 11 is 1.02. The average molecular weight is 430 g/mol. The Hall–Kier alpha value is -2.07. The van der Waals surface area contributed by atoms with Gasteiger partial charge in [-0.3, -0.25) is 4.90 Å². The fourth-order valence-electron chi connectivity index (χ4n) is 4.65. The number of nitrogens with zero attached hydrogens (tertiary/aromatic N) is 2. The molecule has 4 rings (SSSR count). The van der Waals surface area contributed by atoms with Gasteiger partial charge in [-0.2, -0.15) is 13.2 Å². The number of oxime groups is 1. The minimum absolute atomic E-state index is 0.0308. The summed E-state index contributed by atoms with van der Waals surface area (Å²) in [6, 6.07) is 4.72. The molecule has 0 aliphatic carbocycles. The highest BCUT2D eigenvalue weighted by Gasteiger charge is 2.46. The zero-order valence-corrected chi connectivity index (χ0v) is 16.5. The Balaban J connectivity index is 1.73. The molecule has 0 amide bonds. The van der Waals surface area contributed by atoms with E-state index in [0.717, 1.165) is 24.2 Å². The Bertz CT molecular complexity index is 944. The van der Waals surface area contributed by atoms with Crippen LogP contribution < -0.4 is 11.1 Å². The summed E-state index contributed by atoms with van der Waals surface area (Å²) in [5.41, 5.74) is 6.19. The number of fused-ring (bicyclic) bond motifs is 3. The van der Waals surface area contributed by atoms with Crippen LogP contribution in [0.25, 0.3) is 10.1 Å². The summed E-state index contributed by atoms with van der Waals surface area (Å²) in [6.45, 7) is 0. The smallest absolute Gasteiger partial charge is 0.393 e. The van der Waals surface area contributed by atoms with Crippen LogP contribution >= 0.6 is 11.3 Å². The molecule has 158 valence electrons. The number of amidine groups is 1. The summed E-state index contributed by atoms with van der Waals surface area (Å²) in [5.74, 6) is -0.364. The molecule has 2 bridgehead atoms. The number of thiophene rings is 1. The van der Waals surface area contributed by atoms with Crippen molar-refractivity contribution in [1.29, 1.82) is 0 Å². The highest BCUT2D eigenvalue weighted by molar-refractivity contribution is 7.21. The zero-order chi connectivity index (χ0) is 20.9. The maximum Gasteiger partial charge on any atom is 0.393 e. The number of hydrogen-bond donors (Lipinski definition) is 3. The number of hydrogen-bond acceptors (Lipinski definition) is 5. The van der Waals surface area contributed by atoms with Gasteiger partial charge in [0.1, 0.15) is 6.17 Å². The second kappa shape index (κ2) is 7.32. The number of nitrogens with two attached hydrogens (primary N) is 1. The minimum Gasteiger partial charge on any atom is -0.409 e. The first kappa shape index (κ1) is 20.2. The number of anilines is 1. The van der Waals surface area contributed by atoms with Crippen LogP contribution in [-0.2, 0) is 6.42 Å². The van der Waals surface area contributed by atoms with Crippen molar-refractivity contribution in [2.45, 2.75) is 56.2 Å². The van der Waals surface area contributed by atoms with Crippen molar-refractivity contribution < 1.29 is 22.8 Å². The van der Waals surface area contributed by atoms with Crippen molar-refractivity contribution >= 4 is 32.9 Å². The molecule has 0 unspecified atom stereocenters. The maximum absolute atomic E-state index is 15.0. The van der Waals surface area contributed by atoms with Crippen molar-refractivity contribution in [1.82, 2.24) is 4.90 Å². The van der Waals surface area contributed by atoms with Crippen LogP contribution in [0.15, 0.2) is 23.4 Å². The van der Waals surface area contributed by atoms with Gasteiger partial charge in [0, 0.05) is 12.1 Å². The van der Waals surface area contributed by atoms with Crippen molar-refractivity contribution in [3.05, 3.63) is 28.6 Å². The van der Waals surface area contributed by atoms with E-state index in [4.69, 9.17) is 10.9 Å². The molecule has 4 atom stereocenters. The lowest BCUT2D eigenvalue weighted by Crippen LogP contribution is -2.53. The monoisotopic (exact) mass is 430 g/mol. The normalized spacial score (nSPS) is 28.2. The first-order valence-corrected chi connectivity index (χ1v) is 10.2. The summed E-state index contributed by atoms with van der Waals surface area (Å²) in [5, 5.41) is 15.5. The van der Waals surface area contributed by atoms with Crippen LogP contribution in [0.2, 0.25) is 0 Å². The average Bonchev–Trinajstić information content (AvgIpc) is 3.15. The first-order chi connectivity index (χ1) is 13.7. The van der Waals surface area contributed by atoms with Gasteiger partial charge in [-0.15, -0.1) is 11.3 Å². The molecule has 2 aliphatic heterocycles. The van der Waals surface area contributed by atoms with Gasteiger partial charge in [0.25, 0.3) is 0 Å². The molecule has 2 saturated heterocycles. The predicted octanol–water partition coefficient (Wildman–Crippen LogP) is 4.09. The van der Waals surface area contributed by atoms with E-state index in [1.807, 2.05) is 7.05 Å². The molecule has 1 aromatic carbocycles. The van der Waals surface area contributed by atoms with Crippen LogP contribution in [0.5, 0.6) is 0 Å². The molecule has 0 radical (unpaired) electrons. The lowest BCUT2D eigenvalue weighted by atomic mass is 9.95. The standard InChI is InChI=1S/C19H22F4N4OS/c1-27-9-5-6-14(27)15(20)13(7-9)25-12-4-2-3-10-11(8-19(21,22)23)17(18(24)26-28)29-16(10)12/h2-4,9,13-15,25,28H,5-8H2,1H3,(H2,24,26)/t9-,13-,14+,15-/m1/s1. The van der Waals surface area contributed by atoms with Crippen LogP contribution in [0.4, 0.5) is 23.2 Å². The van der Waals surface area contributed by atoms with E-state index < -0.39 is 24.8 Å². The second-order valence-electron chi connectivity index (χ2n) is 7.76. The molecule has 5 nitrogen and oxygen atoms in total. The molecule has 1 aromatic heterocycles. The van der Waals surface area contributed by atoms with Gasteiger partial charge >= 0.3 is 6.18 Å². The molecule has 2 fully saturated rings. The number of benzene rings is 1. The van der Waals surface area contributed by atoms with E-state index in [1.54, 1.807) is 18.2 Å². The van der Waals surface area contributed by atoms with Gasteiger partial charge in [-0.05, 0) is 43.3 Å². The van der Waals surface area contributed by atoms with Crippen LogP contribution in [0.1, 0.15) is 29.7 Å². The largest absolute Gasteiger partial charge is 0.409 e.